The maximum Gasteiger partial charge on any atom is 0.229 e. The van der Waals surface area contributed by atoms with E-state index in [9.17, 15) is 4.79 Å². The molecule has 2 aliphatic rings. The first-order valence-corrected chi connectivity index (χ1v) is 7.36. The summed E-state index contributed by atoms with van der Waals surface area (Å²) in [6, 6.07) is 8.47. The van der Waals surface area contributed by atoms with Crippen LogP contribution in [0.3, 0.4) is 0 Å². The van der Waals surface area contributed by atoms with E-state index in [1.807, 2.05) is 6.92 Å². The summed E-state index contributed by atoms with van der Waals surface area (Å²) < 4.78 is 0. The van der Waals surface area contributed by atoms with Crippen molar-refractivity contribution in [2.75, 3.05) is 11.1 Å². The number of H-pyrrole nitrogens is 1. The third kappa shape index (κ3) is 1.84. The number of carbonyl (C=O) groups is 1. The van der Waals surface area contributed by atoms with Crippen molar-refractivity contribution in [3.05, 3.63) is 41.1 Å². The summed E-state index contributed by atoms with van der Waals surface area (Å²) in [5, 5.41) is 9.71. The zero-order chi connectivity index (χ0) is 14.6. The Morgan fingerprint density at radius 2 is 2.24 bits per heavy atom. The quantitative estimate of drug-likeness (QED) is 0.789. The Hall–Kier alpha value is -2.30. The summed E-state index contributed by atoms with van der Waals surface area (Å²) in [6.45, 7) is 1.84. The molecule has 1 saturated carbocycles. The average Bonchev–Trinajstić information content (AvgIpc) is 3.17. The number of nitrogens with two attached hydrogens (primary N) is 1. The Balaban J connectivity index is 1.54. The van der Waals surface area contributed by atoms with Gasteiger partial charge in [0, 0.05) is 5.92 Å². The number of benzene rings is 1. The number of aromatic amines is 1. The highest BCUT2D eigenvalue weighted by Gasteiger charge is 2.57. The molecular weight excluding hydrogens is 264 g/mol. The van der Waals surface area contributed by atoms with Gasteiger partial charge in [0.15, 0.2) is 5.82 Å². The Bertz CT molecular complexity index is 721. The molecule has 21 heavy (non-hydrogen) atoms. The highest BCUT2D eigenvalue weighted by Crippen LogP contribution is 2.60. The second-order valence-corrected chi connectivity index (χ2v) is 6.05. The largest absolute Gasteiger partial charge is 0.394 e. The standard InChI is InChI=1S/C16H18N4O/c1-8-14(17)15(20-19-8)18-16(21)13-11-7-6-9-4-2-3-5-10(9)12(11)13/h2-5,11-13H,6-7,17H2,1H3,(H2,18,19,20,21). The van der Waals surface area contributed by atoms with Crippen molar-refractivity contribution in [2.45, 2.75) is 25.7 Å². The van der Waals surface area contributed by atoms with Crippen LogP contribution in [0.5, 0.6) is 0 Å². The first-order chi connectivity index (χ1) is 10.2. The Morgan fingerprint density at radius 3 is 3.00 bits per heavy atom. The van der Waals surface area contributed by atoms with Crippen LogP contribution in [0.1, 0.15) is 29.2 Å². The number of hydrogen-bond donors (Lipinski definition) is 3. The summed E-state index contributed by atoms with van der Waals surface area (Å²) >= 11 is 0. The molecule has 1 fully saturated rings. The van der Waals surface area contributed by atoms with Gasteiger partial charge in [0.25, 0.3) is 0 Å². The molecule has 2 aromatic rings. The topological polar surface area (TPSA) is 83.8 Å². The summed E-state index contributed by atoms with van der Waals surface area (Å²) in [4.78, 5) is 12.5. The molecule has 4 N–H and O–H groups in total. The van der Waals surface area contributed by atoms with Gasteiger partial charge in [-0.15, -0.1) is 0 Å². The van der Waals surface area contributed by atoms with Gasteiger partial charge < -0.3 is 11.1 Å². The molecule has 1 aromatic heterocycles. The van der Waals surface area contributed by atoms with Crippen molar-refractivity contribution in [2.24, 2.45) is 11.8 Å². The number of aryl methyl sites for hydroxylation is 2. The van der Waals surface area contributed by atoms with E-state index in [2.05, 4.69) is 39.8 Å². The summed E-state index contributed by atoms with van der Waals surface area (Å²) in [5.41, 5.74) is 9.93. The Labute approximate surface area is 122 Å². The Kier molecular flexibility index (Phi) is 2.58. The predicted molar refractivity (Wildman–Crippen MR) is 80.9 cm³/mol. The van der Waals surface area contributed by atoms with E-state index in [0.717, 1.165) is 18.5 Å². The number of hydrogen-bond acceptors (Lipinski definition) is 3. The molecule has 1 amide bonds. The zero-order valence-electron chi connectivity index (χ0n) is 11.9. The van der Waals surface area contributed by atoms with Crippen molar-refractivity contribution in [3.63, 3.8) is 0 Å². The van der Waals surface area contributed by atoms with Gasteiger partial charge in [-0.25, -0.2) is 0 Å². The lowest BCUT2D eigenvalue weighted by Crippen LogP contribution is -2.16. The smallest absolute Gasteiger partial charge is 0.229 e. The first-order valence-electron chi connectivity index (χ1n) is 7.36. The lowest BCUT2D eigenvalue weighted by Gasteiger charge is -2.13. The van der Waals surface area contributed by atoms with Gasteiger partial charge in [0.05, 0.1) is 11.4 Å². The minimum atomic E-state index is 0.0416. The normalized spacial score (nSPS) is 25.9. The number of rotatable bonds is 2. The van der Waals surface area contributed by atoms with Crippen molar-refractivity contribution >= 4 is 17.4 Å². The molecular formula is C16H18N4O. The van der Waals surface area contributed by atoms with Crippen molar-refractivity contribution in [1.29, 1.82) is 0 Å². The van der Waals surface area contributed by atoms with Crippen molar-refractivity contribution in [1.82, 2.24) is 10.2 Å². The van der Waals surface area contributed by atoms with Gasteiger partial charge >= 0.3 is 0 Å². The molecule has 5 heteroatoms. The number of carbonyl (C=O) groups excluding carboxylic acids is 1. The van der Waals surface area contributed by atoms with Crippen LogP contribution in [0.25, 0.3) is 0 Å². The van der Waals surface area contributed by atoms with Crippen LogP contribution in [-0.2, 0) is 11.2 Å². The van der Waals surface area contributed by atoms with Crippen LogP contribution < -0.4 is 11.1 Å². The van der Waals surface area contributed by atoms with Gasteiger partial charge in [-0.3, -0.25) is 9.89 Å². The second-order valence-electron chi connectivity index (χ2n) is 6.05. The third-order valence-electron chi connectivity index (χ3n) is 4.87. The minimum Gasteiger partial charge on any atom is -0.394 e. The van der Waals surface area contributed by atoms with Crippen LogP contribution in [0.2, 0.25) is 0 Å². The van der Waals surface area contributed by atoms with Gasteiger partial charge in [-0.1, -0.05) is 24.3 Å². The van der Waals surface area contributed by atoms with Gasteiger partial charge in [-0.05, 0) is 42.7 Å². The lowest BCUT2D eigenvalue weighted by molar-refractivity contribution is -0.117. The van der Waals surface area contributed by atoms with E-state index >= 15 is 0 Å². The van der Waals surface area contributed by atoms with Gasteiger partial charge in [0.2, 0.25) is 5.91 Å². The first kappa shape index (κ1) is 12.4. The molecule has 0 radical (unpaired) electrons. The number of nitrogen functional groups attached to an aromatic ring is 1. The number of nitrogens with one attached hydrogen (secondary N) is 2. The molecule has 2 aliphatic carbocycles. The summed E-state index contributed by atoms with van der Waals surface area (Å²) in [7, 11) is 0. The molecule has 0 spiro atoms. The molecule has 0 saturated heterocycles. The maximum atomic E-state index is 12.5. The highest BCUT2D eigenvalue weighted by atomic mass is 16.2. The van der Waals surface area contributed by atoms with Crippen molar-refractivity contribution < 1.29 is 4.79 Å². The number of fused-ring (bicyclic) bond motifs is 3. The van der Waals surface area contributed by atoms with Crippen LogP contribution in [-0.4, -0.2) is 16.1 Å². The minimum absolute atomic E-state index is 0.0416. The fourth-order valence-electron chi connectivity index (χ4n) is 3.66. The number of amides is 1. The lowest BCUT2D eigenvalue weighted by atomic mass is 9.92. The molecule has 4 rings (SSSR count). The molecule has 0 bridgehead atoms. The monoisotopic (exact) mass is 282 g/mol. The number of aromatic nitrogens is 2. The van der Waals surface area contributed by atoms with Crippen LogP contribution >= 0.6 is 0 Å². The molecule has 3 atom stereocenters. The van der Waals surface area contributed by atoms with Crippen LogP contribution in [0.15, 0.2) is 24.3 Å². The fourth-order valence-corrected chi connectivity index (χ4v) is 3.66. The molecule has 0 aliphatic heterocycles. The molecule has 108 valence electrons. The molecule has 3 unspecified atom stereocenters. The third-order valence-corrected chi connectivity index (χ3v) is 4.87. The molecule has 5 nitrogen and oxygen atoms in total. The van der Waals surface area contributed by atoms with Gasteiger partial charge in [-0.2, -0.15) is 5.10 Å². The second kappa shape index (κ2) is 4.35. The van der Waals surface area contributed by atoms with E-state index < -0.39 is 0 Å². The van der Waals surface area contributed by atoms with E-state index in [1.165, 1.54) is 11.1 Å². The van der Waals surface area contributed by atoms with Crippen LogP contribution in [0.4, 0.5) is 11.5 Å². The van der Waals surface area contributed by atoms with E-state index in [-0.39, 0.29) is 11.8 Å². The molecule has 1 aromatic carbocycles. The number of nitrogens with zero attached hydrogens (tertiary/aromatic N) is 1. The van der Waals surface area contributed by atoms with Crippen LogP contribution in [0, 0.1) is 18.8 Å². The van der Waals surface area contributed by atoms with E-state index in [4.69, 9.17) is 5.73 Å². The Morgan fingerprint density at radius 1 is 1.43 bits per heavy atom. The summed E-state index contributed by atoms with van der Waals surface area (Å²) in [6.07, 6.45) is 2.17. The van der Waals surface area contributed by atoms with Gasteiger partial charge in [0.1, 0.15) is 0 Å². The highest BCUT2D eigenvalue weighted by molar-refractivity contribution is 5.97. The predicted octanol–water partition coefficient (Wildman–Crippen LogP) is 2.21. The fraction of sp³-hybridized carbons (Fsp3) is 0.375. The maximum absolute atomic E-state index is 12.5. The summed E-state index contributed by atoms with van der Waals surface area (Å²) in [5.74, 6) is 1.40. The molecule has 1 heterocycles. The SMILES string of the molecule is Cc1[nH]nc(NC(=O)C2C3CCc4ccccc4C32)c1N. The van der Waals surface area contributed by atoms with E-state index in [0.29, 0.717) is 23.3 Å². The van der Waals surface area contributed by atoms with E-state index in [1.54, 1.807) is 0 Å². The van der Waals surface area contributed by atoms with Crippen molar-refractivity contribution in [3.8, 4) is 0 Å². The number of anilines is 2. The zero-order valence-corrected chi connectivity index (χ0v) is 11.9. The average molecular weight is 282 g/mol.